The summed E-state index contributed by atoms with van der Waals surface area (Å²) >= 11 is 0. The highest BCUT2D eigenvalue weighted by molar-refractivity contribution is 6.09. The maximum Gasteiger partial charge on any atom is 0.416 e. The van der Waals surface area contributed by atoms with E-state index in [1.165, 1.54) is 25.1 Å². The first-order chi connectivity index (χ1) is 11.8. The Morgan fingerprint density at radius 1 is 1.24 bits per heavy atom. The highest BCUT2D eigenvalue weighted by Gasteiger charge is 2.32. The van der Waals surface area contributed by atoms with Gasteiger partial charge in [-0.3, -0.25) is 9.59 Å². The van der Waals surface area contributed by atoms with Crippen LogP contribution in [0.4, 0.5) is 24.5 Å². The summed E-state index contributed by atoms with van der Waals surface area (Å²) in [6.45, 7) is 1.11. The van der Waals surface area contributed by atoms with Gasteiger partial charge in [0.2, 0.25) is 0 Å². The third kappa shape index (κ3) is 3.42. The molecule has 0 aromatic heterocycles. The van der Waals surface area contributed by atoms with Gasteiger partial charge in [0.05, 0.1) is 16.8 Å². The number of para-hydroxylation sites is 1. The van der Waals surface area contributed by atoms with Crippen LogP contribution in [0.25, 0.3) is 0 Å². The van der Waals surface area contributed by atoms with Crippen molar-refractivity contribution in [3.63, 3.8) is 0 Å². The summed E-state index contributed by atoms with van der Waals surface area (Å²) in [7, 11) is 0. The second kappa shape index (κ2) is 6.12. The van der Waals surface area contributed by atoms with Crippen LogP contribution in [-0.2, 0) is 11.0 Å². The van der Waals surface area contributed by atoms with E-state index in [0.717, 1.165) is 6.07 Å². The van der Waals surface area contributed by atoms with Gasteiger partial charge >= 0.3 is 6.18 Å². The van der Waals surface area contributed by atoms with E-state index >= 15 is 0 Å². The van der Waals surface area contributed by atoms with E-state index in [2.05, 4.69) is 10.6 Å². The zero-order valence-corrected chi connectivity index (χ0v) is 13.0. The molecule has 0 radical (unpaired) electrons. The molecule has 130 valence electrons. The van der Waals surface area contributed by atoms with Crippen molar-refractivity contribution < 1.29 is 27.5 Å². The third-order valence-electron chi connectivity index (χ3n) is 3.68. The Morgan fingerprint density at radius 2 is 2.00 bits per heavy atom. The molecule has 0 spiro atoms. The molecule has 1 aliphatic heterocycles. The largest absolute Gasteiger partial charge is 0.481 e. The summed E-state index contributed by atoms with van der Waals surface area (Å²) in [4.78, 5) is 23.7. The van der Waals surface area contributed by atoms with Gasteiger partial charge in [-0.25, -0.2) is 0 Å². The molecule has 2 aromatic carbocycles. The third-order valence-corrected chi connectivity index (χ3v) is 3.68. The van der Waals surface area contributed by atoms with Crippen LogP contribution in [0.2, 0.25) is 0 Å². The summed E-state index contributed by atoms with van der Waals surface area (Å²) in [6, 6.07) is 8.13. The molecule has 0 fully saturated rings. The minimum absolute atomic E-state index is 0.0142. The number of amides is 2. The number of aryl methyl sites for hydroxylation is 1. The molecular formula is C17H13F3N2O3. The van der Waals surface area contributed by atoms with Gasteiger partial charge < -0.3 is 15.4 Å². The van der Waals surface area contributed by atoms with Crippen LogP contribution in [0.15, 0.2) is 36.4 Å². The van der Waals surface area contributed by atoms with Gasteiger partial charge in [-0.1, -0.05) is 12.1 Å². The molecule has 5 nitrogen and oxygen atoms in total. The number of anilines is 2. The average Bonchev–Trinajstić information content (AvgIpc) is 2.54. The van der Waals surface area contributed by atoms with Gasteiger partial charge in [-0.2, -0.15) is 13.2 Å². The van der Waals surface area contributed by atoms with E-state index in [1.807, 2.05) is 0 Å². The Kier molecular flexibility index (Phi) is 4.12. The molecule has 1 aliphatic rings. The maximum atomic E-state index is 13.0. The zero-order chi connectivity index (χ0) is 18.2. The van der Waals surface area contributed by atoms with Crippen molar-refractivity contribution in [2.24, 2.45) is 0 Å². The summed E-state index contributed by atoms with van der Waals surface area (Å²) in [6.07, 6.45) is -4.51. The average molecular weight is 350 g/mol. The lowest BCUT2D eigenvalue weighted by molar-refractivity contribution is -0.138. The van der Waals surface area contributed by atoms with E-state index < -0.39 is 17.6 Å². The molecule has 2 aromatic rings. The van der Waals surface area contributed by atoms with Crippen molar-refractivity contribution in [3.8, 4) is 5.75 Å². The number of nitrogens with one attached hydrogen (secondary N) is 2. The summed E-state index contributed by atoms with van der Waals surface area (Å²) < 4.78 is 44.2. The SMILES string of the molecule is Cc1ccc(NC(=O)c2cccc3c2OCC(=O)N3)cc1C(F)(F)F. The highest BCUT2D eigenvalue weighted by atomic mass is 19.4. The van der Waals surface area contributed by atoms with Crippen LogP contribution in [0.3, 0.4) is 0 Å². The van der Waals surface area contributed by atoms with E-state index in [4.69, 9.17) is 4.74 Å². The highest BCUT2D eigenvalue weighted by Crippen LogP contribution is 2.35. The number of fused-ring (bicyclic) bond motifs is 1. The van der Waals surface area contributed by atoms with Crippen LogP contribution < -0.4 is 15.4 Å². The van der Waals surface area contributed by atoms with Crippen molar-refractivity contribution in [1.29, 1.82) is 0 Å². The fourth-order valence-corrected chi connectivity index (χ4v) is 2.50. The van der Waals surface area contributed by atoms with Crippen LogP contribution in [-0.4, -0.2) is 18.4 Å². The van der Waals surface area contributed by atoms with Crippen LogP contribution in [0.1, 0.15) is 21.5 Å². The Labute approximate surface area is 140 Å². The van der Waals surface area contributed by atoms with Crippen LogP contribution in [0, 0.1) is 6.92 Å². The lowest BCUT2D eigenvalue weighted by atomic mass is 10.1. The quantitative estimate of drug-likeness (QED) is 0.870. The maximum absolute atomic E-state index is 13.0. The number of carbonyl (C=O) groups excluding carboxylic acids is 2. The fourth-order valence-electron chi connectivity index (χ4n) is 2.50. The number of carbonyl (C=O) groups is 2. The first-order valence-electron chi connectivity index (χ1n) is 7.30. The molecule has 3 rings (SSSR count). The normalized spacial score (nSPS) is 13.5. The van der Waals surface area contributed by atoms with E-state index in [1.54, 1.807) is 12.1 Å². The Bertz CT molecular complexity index is 863. The summed E-state index contributed by atoms with van der Waals surface area (Å²) in [5.74, 6) is -0.800. The molecule has 0 saturated carbocycles. The van der Waals surface area contributed by atoms with E-state index in [0.29, 0.717) is 5.69 Å². The summed E-state index contributed by atoms with van der Waals surface area (Å²) in [5.41, 5.74) is -0.284. The van der Waals surface area contributed by atoms with Gasteiger partial charge in [0.1, 0.15) is 0 Å². The van der Waals surface area contributed by atoms with Gasteiger partial charge in [-0.15, -0.1) is 0 Å². The molecule has 0 saturated heterocycles. The number of rotatable bonds is 2. The number of ether oxygens (including phenoxy) is 1. The summed E-state index contributed by atoms with van der Waals surface area (Å²) in [5, 5.41) is 4.99. The molecule has 0 aliphatic carbocycles. The molecule has 8 heteroatoms. The molecule has 25 heavy (non-hydrogen) atoms. The standard InChI is InChI=1S/C17H13F3N2O3/c1-9-5-6-10(7-12(9)17(18,19)20)21-16(24)11-3-2-4-13-15(11)25-8-14(23)22-13/h2-7H,8H2,1H3,(H,21,24)(H,22,23). The molecule has 0 bridgehead atoms. The predicted octanol–water partition coefficient (Wildman–Crippen LogP) is 3.60. The second-order valence-electron chi connectivity index (χ2n) is 5.50. The molecule has 2 N–H and O–H groups in total. The minimum Gasteiger partial charge on any atom is -0.481 e. The molecule has 1 heterocycles. The van der Waals surface area contributed by atoms with E-state index in [9.17, 15) is 22.8 Å². The van der Waals surface area contributed by atoms with E-state index in [-0.39, 0.29) is 35.1 Å². The monoisotopic (exact) mass is 350 g/mol. The Morgan fingerprint density at radius 3 is 2.72 bits per heavy atom. The van der Waals surface area contributed by atoms with Gasteiger partial charge in [0.25, 0.3) is 11.8 Å². The first-order valence-corrected chi connectivity index (χ1v) is 7.30. The number of hydrogen-bond donors (Lipinski definition) is 2. The Balaban J connectivity index is 1.89. The van der Waals surface area contributed by atoms with Crippen LogP contribution >= 0.6 is 0 Å². The molecular weight excluding hydrogens is 337 g/mol. The first kappa shape index (κ1) is 16.8. The number of hydrogen-bond acceptors (Lipinski definition) is 3. The predicted molar refractivity (Wildman–Crippen MR) is 84.7 cm³/mol. The number of benzene rings is 2. The van der Waals surface area contributed by atoms with Crippen molar-refractivity contribution >= 4 is 23.2 Å². The fraction of sp³-hybridized carbons (Fsp3) is 0.176. The Hall–Kier alpha value is -3.03. The van der Waals surface area contributed by atoms with Gasteiger partial charge in [-0.05, 0) is 36.8 Å². The lowest BCUT2D eigenvalue weighted by Gasteiger charge is -2.20. The molecule has 2 amide bonds. The zero-order valence-electron chi connectivity index (χ0n) is 13.0. The lowest BCUT2D eigenvalue weighted by Crippen LogP contribution is -2.27. The van der Waals surface area contributed by atoms with Crippen molar-refractivity contribution in [1.82, 2.24) is 0 Å². The smallest absolute Gasteiger partial charge is 0.416 e. The number of alkyl halides is 3. The van der Waals surface area contributed by atoms with Gasteiger partial charge in [0.15, 0.2) is 12.4 Å². The minimum atomic E-state index is -4.51. The molecule has 0 atom stereocenters. The van der Waals surface area contributed by atoms with Gasteiger partial charge in [0, 0.05) is 5.69 Å². The van der Waals surface area contributed by atoms with Crippen molar-refractivity contribution in [3.05, 3.63) is 53.1 Å². The number of halogens is 3. The topological polar surface area (TPSA) is 67.4 Å². The van der Waals surface area contributed by atoms with Crippen molar-refractivity contribution in [2.75, 3.05) is 17.2 Å². The van der Waals surface area contributed by atoms with Crippen LogP contribution in [0.5, 0.6) is 5.75 Å². The second-order valence-corrected chi connectivity index (χ2v) is 5.50. The van der Waals surface area contributed by atoms with Crippen molar-refractivity contribution in [2.45, 2.75) is 13.1 Å². The molecule has 0 unspecified atom stereocenters.